The molecule has 0 bridgehead atoms. The first-order valence-electron chi connectivity index (χ1n) is 9.01. The van der Waals surface area contributed by atoms with Gasteiger partial charge in [-0.2, -0.15) is 4.98 Å². The summed E-state index contributed by atoms with van der Waals surface area (Å²) in [5, 5.41) is 3.37. The van der Waals surface area contributed by atoms with Gasteiger partial charge in [-0.05, 0) is 31.2 Å². The van der Waals surface area contributed by atoms with Crippen LogP contribution in [0.25, 0.3) is 0 Å². The molecule has 0 aliphatic carbocycles. The van der Waals surface area contributed by atoms with E-state index in [4.69, 9.17) is 4.98 Å². The smallest absolute Gasteiger partial charge is 0.227 e. The van der Waals surface area contributed by atoms with Crippen molar-refractivity contribution in [2.24, 2.45) is 0 Å². The van der Waals surface area contributed by atoms with Crippen molar-refractivity contribution in [3.63, 3.8) is 0 Å². The lowest BCUT2D eigenvalue weighted by Gasteiger charge is -2.36. The summed E-state index contributed by atoms with van der Waals surface area (Å²) in [6.45, 7) is 5.80. The standard InChI is InChI=1S/C21H23N5/c1-17-16-20(23-18-8-4-2-5-9-18)24-21(22-17)26-14-12-25(13-15-26)19-10-6-3-7-11-19/h2-11,16H,12-15H2,1H3,(H,22,23,24). The molecule has 2 heterocycles. The highest BCUT2D eigenvalue weighted by Crippen LogP contribution is 2.21. The zero-order chi connectivity index (χ0) is 17.8. The van der Waals surface area contributed by atoms with Crippen molar-refractivity contribution >= 4 is 23.1 Å². The Bertz CT molecular complexity index is 843. The van der Waals surface area contributed by atoms with E-state index in [1.165, 1.54) is 5.69 Å². The molecule has 0 spiro atoms. The van der Waals surface area contributed by atoms with Crippen LogP contribution in [0.15, 0.2) is 66.7 Å². The maximum Gasteiger partial charge on any atom is 0.227 e. The summed E-state index contributed by atoms with van der Waals surface area (Å²) >= 11 is 0. The molecule has 0 atom stereocenters. The third-order valence-electron chi connectivity index (χ3n) is 4.57. The van der Waals surface area contributed by atoms with Crippen molar-refractivity contribution in [2.75, 3.05) is 41.3 Å². The molecule has 1 saturated heterocycles. The summed E-state index contributed by atoms with van der Waals surface area (Å²) in [4.78, 5) is 14.1. The van der Waals surface area contributed by atoms with Gasteiger partial charge in [0.1, 0.15) is 5.82 Å². The number of hydrogen-bond acceptors (Lipinski definition) is 5. The lowest BCUT2D eigenvalue weighted by Crippen LogP contribution is -2.47. The van der Waals surface area contributed by atoms with Crippen molar-refractivity contribution in [3.05, 3.63) is 72.4 Å². The molecule has 0 amide bonds. The molecule has 0 saturated carbocycles. The fraction of sp³-hybridized carbons (Fsp3) is 0.238. The van der Waals surface area contributed by atoms with E-state index in [2.05, 4.69) is 50.4 Å². The van der Waals surface area contributed by atoms with Crippen LogP contribution in [-0.2, 0) is 0 Å². The first kappa shape index (κ1) is 16.4. The molecule has 0 unspecified atom stereocenters. The molecule has 1 aromatic heterocycles. The van der Waals surface area contributed by atoms with Crippen molar-refractivity contribution in [1.82, 2.24) is 9.97 Å². The number of piperazine rings is 1. The Hall–Kier alpha value is -3.08. The van der Waals surface area contributed by atoms with Crippen LogP contribution in [0.2, 0.25) is 0 Å². The number of nitrogens with zero attached hydrogens (tertiary/aromatic N) is 4. The number of aryl methyl sites for hydroxylation is 1. The Balaban J connectivity index is 1.46. The molecule has 2 aromatic carbocycles. The minimum atomic E-state index is 0.802. The van der Waals surface area contributed by atoms with Gasteiger partial charge in [0.15, 0.2) is 0 Å². The fourth-order valence-corrected chi connectivity index (χ4v) is 3.23. The summed E-state index contributed by atoms with van der Waals surface area (Å²) in [5.74, 6) is 1.64. The van der Waals surface area contributed by atoms with E-state index < -0.39 is 0 Å². The first-order chi connectivity index (χ1) is 12.8. The molecule has 1 fully saturated rings. The second-order valence-electron chi connectivity index (χ2n) is 6.50. The van der Waals surface area contributed by atoms with E-state index in [0.717, 1.165) is 49.3 Å². The Labute approximate surface area is 154 Å². The summed E-state index contributed by atoms with van der Waals surface area (Å²) in [7, 11) is 0. The molecule has 1 N–H and O–H groups in total. The topological polar surface area (TPSA) is 44.3 Å². The number of para-hydroxylation sites is 2. The number of aromatic nitrogens is 2. The average molecular weight is 345 g/mol. The number of rotatable bonds is 4. The van der Waals surface area contributed by atoms with Crippen LogP contribution in [0, 0.1) is 6.92 Å². The van der Waals surface area contributed by atoms with Gasteiger partial charge in [0.2, 0.25) is 5.95 Å². The molecule has 26 heavy (non-hydrogen) atoms. The van der Waals surface area contributed by atoms with Gasteiger partial charge in [-0.25, -0.2) is 4.98 Å². The van der Waals surface area contributed by atoms with E-state index in [0.29, 0.717) is 0 Å². The summed E-state index contributed by atoms with van der Waals surface area (Å²) in [5.41, 5.74) is 3.29. The molecule has 3 aromatic rings. The summed E-state index contributed by atoms with van der Waals surface area (Å²) in [6, 6.07) is 22.7. The SMILES string of the molecule is Cc1cc(Nc2ccccc2)nc(N2CCN(c3ccccc3)CC2)n1. The molecular formula is C21H23N5. The molecule has 0 radical (unpaired) electrons. The third-order valence-corrected chi connectivity index (χ3v) is 4.57. The highest BCUT2D eigenvalue weighted by molar-refractivity contribution is 5.58. The van der Waals surface area contributed by atoms with Crippen LogP contribution < -0.4 is 15.1 Å². The van der Waals surface area contributed by atoms with Crippen LogP contribution in [-0.4, -0.2) is 36.1 Å². The minimum Gasteiger partial charge on any atom is -0.368 e. The van der Waals surface area contributed by atoms with Crippen LogP contribution >= 0.6 is 0 Å². The van der Waals surface area contributed by atoms with Gasteiger partial charge in [-0.1, -0.05) is 36.4 Å². The molecule has 1 aliphatic heterocycles. The second kappa shape index (κ2) is 7.44. The van der Waals surface area contributed by atoms with Crippen molar-refractivity contribution in [3.8, 4) is 0 Å². The number of benzene rings is 2. The lowest BCUT2D eigenvalue weighted by molar-refractivity contribution is 0.639. The van der Waals surface area contributed by atoms with E-state index >= 15 is 0 Å². The lowest BCUT2D eigenvalue weighted by atomic mass is 10.2. The Morgan fingerprint density at radius 2 is 1.38 bits per heavy atom. The van der Waals surface area contributed by atoms with Crippen molar-refractivity contribution in [2.45, 2.75) is 6.92 Å². The second-order valence-corrected chi connectivity index (χ2v) is 6.50. The van der Waals surface area contributed by atoms with E-state index in [1.54, 1.807) is 0 Å². The Morgan fingerprint density at radius 3 is 2.08 bits per heavy atom. The van der Waals surface area contributed by atoms with Crippen LogP contribution in [0.1, 0.15) is 5.69 Å². The van der Waals surface area contributed by atoms with Crippen LogP contribution in [0.4, 0.5) is 23.1 Å². The van der Waals surface area contributed by atoms with Gasteiger partial charge in [-0.15, -0.1) is 0 Å². The molecule has 1 aliphatic rings. The predicted molar refractivity (Wildman–Crippen MR) is 107 cm³/mol. The van der Waals surface area contributed by atoms with Crippen molar-refractivity contribution < 1.29 is 0 Å². The fourth-order valence-electron chi connectivity index (χ4n) is 3.23. The highest BCUT2D eigenvalue weighted by atomic mass is 15.3. The van der Waals surface area contributed by atoms with Gasteiger partial charge < -0.3 is 15.1 Å². The normalized spacial score (nSPS) is 14.3. The Morgan fingerprint density at radius 1 is 0.769 bits per heavy atom. The monoisotopic (exact) mass is 345 g/mol. The third kappa shape index (κ3) is 3.77. The van der Waals surface area contributed by atoms with Gasteiger partial charge in [0.25, 0.3) is 0 Å². The molecular weight excluding hydrogens is 322 g/mol. The Kier molecular flexibility index (Phi) is 4.69. The molecule has 4 rings (SSSR count). The minimum absolute atomic E-state index is 0.802. The summed E-state index contributed by atoms with van der Waals surface area (Å²) in [6.07, 6.45) is 0. The zero-order valence-electron chi connectivity index (χ0n) is 15.0. The quantitative estimate of drug-likeness (QED) is 0.778. The molecule has 5 heteroatoms. The van der Waals surface area contributed by atoms with E-state index in [9.17, 15) is 0 Å². The van der Waals surface area contributed by atoms with Gasteiger partial charge in [0.05, 0.1) is 0 Å². The maximum absolute atomic E-state index is 4.74. The number of nitrogens with one attached hydrogen (secondary N) is 1. The number of hydrogen-bond donors (Lipinski definition) is 1. The maximum atomic E-state index is 4.74. The van der Waals surface area contributed by atoms with Gasteiger partial charge in [0, 0.05) is 49.3 Å². The first-order valence-corrected chi connectivity index (χ1v) is 9.01. The largest absolute Gasteiger partial charge is 0.368 e. The summed E-state index contributed by atoms with van der Waals surface area (Å²) < 4.78 is 0. The van der Waals surface area contributed by atoms with Crippen LogP contribution in [0.3, 0.4) is 0 Å². The predicted octanol–water partition coefficient (Wildman–Crippen LogP) is 3.86. The molecule has 132 valence electrons. The number of anilines is 4. The van der Waals surface area contributed by atoms with Crippen molar-refractivity contribution in [1.29, 1.82) is 0 Å². The van der Waals surface area contributed by atoms with Gasteiger partial charge in [-0.3, -0.25) is 0 Å². The zero-order valence-corrected chi connectivity index (χ0v) is 15.0. The van der Waals surface area contributed by atoms with E-state index in [-0.39, 0.29) is 0 Å². The van der Waals surface area contributed by atoms with Crippen LogP contribution in [0.5, 0.6) is 0 Å². The average Bonchev–Trinajstić information content (AvgIpc) is 2.69. The molecule has 5 nitrogen and oxygen atoms in total. The highest BCUT2D eigenvalue weighted by Gasteiger charge is 2.19. The van der Waals surface area contributed by atoms with E-state index in [1.807, 2.05) is 43.3 Å². The van der Waals surface area contributed by atoms with Gasteiger partial charge >= 0.3 is 0 Å².